The SMILES string of the molecule is C=C/C(=C\C=C\CC)CCCNC. The maximum Gasteiger partial charge on any atom is -0.00488 e. The highest BCUT2D eigenvalue weighted by atomic mass is 14.8. The lowest BCUT2D eigenvalue weighted by atomic mass is 10.1. The molecule has 0 fully saturated rings. The van der Waals surface area contributed by atoms with Crippen LogP contribution in [0.25, 0.3) is 0 Å². The van der Waals surface area contributed by atoms with Gasteiger partial charge >= 0.3 is 0 Å². The molecule has 74 valence electrons. The lowest BCUT2D eigenvalue weighted by Crippen LogP contribution is -2.07. The lowest BCUT2D eigenvalue weighted by molar-refractivity contribution is 0.726. The van der Waals surface area contributed by atoms with Gasteiger partial charge in [0.15, 0.2) is 0 Å². The topological polar surface area (TPSA) is 12.0 Å². The van der Waals surface area contributed by atoms with E-state index < -0.39 is 0 Å². The molecule has 0 heterocycles. The molecule has 0 radical (unpaired) electrons. The fourth-order valence-electron chi connectivity index (χ4n) is 1.05. The number of hydrogen-bond donors (Lipinski definition) is 1. The predicted molar refractivity (Wildman–Crippen MR) is 60.9 cm³/mol. The number of rotatable bonds is 7. The summed E-state index contributed by atoms with van der Waals surface area (Å²) >= 11 is 0. The molecule has 0 aromatic heterocycles. The van der Waals surface area contributed by atoms with Gasteiger partial charge in [-0.3, -0.25) is 0 Å². The van der Waals surface area contributed by atoms with Crippen LogP contribution in [0.3, 0.4) is 0 Å². The fourth-order valence-corrected chi connectivity index (χ4v) is 1.05. The molecular formula is C12H21N. The first-order chi connectivity index (χ1) is 6.35. The van der Waals surface area contributed by atoms with Crippen LogP contribution >= 0.6 is 0 Å². The molecule has 1 N–H and O–H groups in total. The predicted octanol–water partition coefficient (Wildman–Crippen LogP) is 3.06. The zero-order chi connectivity index (χ0) is 9.94. The minimum Gasteiger partial charge on any atom is -0.320 e. The molecule has 0 saturated heterocycles. The monoisotopic (exact) mass is 179 g/mol. The van der Waals surface area contributed by atoms with Crippen molar-refractivity contribution in [2.24, 2.45) is 0 Å². The second-order valence-corrected chi connectivity index (χ2v) is 2.99. The maximum atomic E-state index is 3.80. The Morgan fingerprint density at radius 3 is 2.77 bits per heavy atom. The van der Waals surface area contributed by atoms with E-state index in [9.17, 15) is 0 Å². The summed E-state index contributed by atoms with van der Waals surface area (Å²) in [6.07, 6.45) is 11.7. The smallest absolute Gasteiger partial charge is 0.00488 e. The van der Waals surface area contributed by atoms with E-state index in [4.69, 9.17) is 0 Å². The van der Waals surface area contributed by atoms with Gasteiger partial charge in [-0.25, -0.2) is 0 Å². The number of hydrogen-bond acceptors (Lipinski definition) is 1. The van der Waals surface area contributed by atoms with Crippen molar-refractivity contribution in [1.29, 1.82) is 0 Å². The molecule has 1 nitrogen and oxygen atoms in total. The van der Waals surface area contributed by atoms with E-state index in [1.807, 2.05) is 13.1 Å². The van der Waals surface area contributed by atoms with Gasteiger partial charge in [0, 0.05) is 0 Å². The third-order valence-electron chi connectivity index (χ3n) is 1.84. The third-order valence-corrected chi connectivity index (χ3v) is 1.84. The van der Waals surface area contributed by atoms with Crippen LogP contribution in [-0.2, 0) is 0 Å². The summed E-state index contributed by atoms with van der Waals surface area (Å²) in [6, 6.07) is 0. The van der Waals surface area contributed by atoms with E-state index in [0.29, 0.717) is 0 Å². The van der Waals surface area contributed by atoms with Crippen molar-refractivity contribution in [1.82, 2.24) is 5.32 Å². The summed E-state index contributed by atoms with van der Waals surface area (Å²) in [7, 11) is 1.98. The van der Waals surface area contributed by atoms with Crippen molar-refractivity contribution < 1.29 is 0 Å². The molecule has 0 spiro atoms. The van der Waals surface area contributed by atoms with Crippen LogP contribution < -0.4 is 5.32 Å². The summed E-state index contributed by atoms with van der Waals surface area (Å²) in [6.45, 7) is 7.01. The largest absolute Gasteiger partial charge is 0.320 e. The van der Waals surface area contributed by atoms with Gasteiger partial charge in [-0.15, -0.1) is 0 Å². The highest BCUT2D eigenvalue weighted by Crippen LogP contribution is 2.05. The van der Waals surface area contributed by atoms with Crippen molar-refractivity contribution in [2.75, 3.05) is 13.6 Å². The van der Waals surface area contributed by atoms with Crippen LogP contribution in [0.1, 0.15) is 26.2 Å². The van der Waals surface area contributed by atoms with Crippen LogP contribution in [-0.4, -0.2) is 13.6 Å². The van der Waals surface area contributed by atoms with Gasteiger partial charge in [0.1, 0.15) is 0 Å². The minimum absolute atomic E-state index is 1.07. The number of nitrogens with one attached hydrogen (secondary N) is 1. The fraction of sp³-hybridized carbons (Fsp3) is 0.500. The van der Waals surface area contributed by atoms with Crippen LogP contribution in [0.5, 0.6) is 0 Å². The highest BCUT2D eigenvalue weighted by molar-refractivity contribution is 5.21. The van der Waals surface area contributed by atoms with E-state index in [1.165, 1.54) is 12.0 Å². The van der Waals surface area contributed by atoms with Crippen LogP contribution in [0.15, 0.2) is 36.5 Å². The molecule has 0 bridgehead atoms. The van der Waals surface area contributed by atoms with Gasteiger partial charge in [0.25, 0.3) is 0 Å². The summed E-state index contributed by atoms with van der Waals surface area (Å²) in [5.74, 6) is 0. The van der Waals surface area contributed by atoms with Gasteiger partial charge < -0.3 is 5.32 Å². The quantitative estimate of drug-likeness (QED) is 0.468. The first-order valence-electron chi connectivity index (χ1n) is 4.97. The lowest BCUT2D eigenvalue weighted by Gasteiger charge is -2.00. The van der Waals surface area contributed by atoms with Crippen molar-refractivity contribution in [3.63, 3.8) is 0 Å². The molecule has 0 aliphatic carbocycles. The second-order valence-electron chi connectivity index (χ2n) is 2.99. The maximum absolute atomic E-state index is 3.80. The van der Waals surface area contributed by atoms with E-state index in [2.05, 4.69) is 37.0 Å². The first kappa shape index (κ1) is 12.2. The minimum atomic E-state index is 1.07. The summed E-state index contributed by atoms with van der Waals surface area (Å²) in [5, 5.41) is 3.13. The van der Waals surface area contributed by atoms with Crippen molar-refractivity contribution in [2.45, 2.75) is 26.2 Å². The van der Waals surface area contributed by atoms with E-state index in [0.717, 1.165) is 19.4 Å². The molecule has 0 unspecified atom stereocenters. The molecule has 0 aromatic carbocycles. The van der Waals surface area contributed by atoms with Gasteiger partial charge in [-0.05, 0) is 38.4 Å². The molecule has 0 atom stereocenters. The Hall–Kier alpha value is -0.820. The summed E-state index contributed by atoms with van der Waals surface area (Å²) in [4.78, 5) is 0. The van der Waals surface area contributed by atoms with Gasteiger partial charge in [-0.2, -0.15) is 0 Å². The van der Waals surface area contributed by atoms with E-state index in [1.54, 1.807) is 0 Å². The Bertz CT molecular complexity index is 178. The molecule has 0 aliphatic heterocycles. The average molecular weight is 179 g/mol. The summed E-state index contributed by atoms with van der Waals surface area (Å²) in [5.41, 5.74) is 1.32. The van der Waals surface area contributed by atoms with E-state index >= 15 is 0 Å². The first-order valence-corrected chi connectivity index (χ1v) is 4.97. The normalized spacial score (nSPS) is 12.3. The Balaban J connectivity index is 3.80. The molecule has 0 aliphatic rings. The van der Waals surface area contributed by atoms with Crippen LogP contribution in [0.2, 0.25) is 0 Å². The Kier molecular flexibility index (Phi) is 8.68. The van der Waals surface area contributed by atoms with E-state index in [-0.39, 0.29) is 0 Å². The molecule has 0 aromatic rings. The molecule has 0 amide bonds. The van der Waals surface area contributed by atoms with Crippen LogP contribution in [0.4, 0.5) is 0 Å². The average Bonchev–Trinajstić information content (AvgIpc) is 2.16. The highest BCUT2D eigenvalue weighted by Gasteiger charge is 1.89. The third kappa shape index (κ3) is 7.54. The van der Waals surface area contributed by atoms with Crippen molar-refractivity contribution >= 4 is 0 Å². The summed E-state index contributed by atoms with van der Waals surface area (Å²) < 4.78 is 0. The van der Waals surface area contributed by atoms with Crippen LogP contribution in [0, 0.1) is 0 Å². The Morgan fingerprint density at radius 1 is 1.46 bits per heavy atom. The zero-order valence-electron chi connectivity index (χ0n) is 8.84. The second kappa shape index (κ2) is 9.27. The standard InChI is InChI=1S/C12H21N/c1-4-6-7-9-12(5-2)10-8-11-13-3/h5-7,9,13H,2,4,8,10-11H2,1,3H3/b7-6+,12-9+. The van der Waals surface area contributed by atoms with Gasteiger partial charge in [0.2, 0.25) is 0 Å². The zero-order valence-corrected chi connectivity index (χ0v) is 8.84. The Morgan fingerprint density at radius 2 is 2.23 bits per heavy atom. The van der Waals surface area contributed by atoms with Crippen molar-refractivity contribution in [3.05, 3.63) is 36.5 Å². The van der Waals surface area contributed by atoms with Gasteiger partial charge in [0.05, 0.1) is 0 Å². The number of allylic oxidation sites excluding steroid dienone is 5. The molecule has 0 rings (SSSR count). The van der Waals surface area contributed by atoms with Gasteiger partial charge in [-0.1, -0.05) is 37.8 Å². The molecular weight excluding hydrogens is 158 g/mol. The molecule has 13 heavy (non-hydrogen) atoms. The van der Waals surface area contributed by atoms with Crippen molar-refractivity contribution in [3.8, 4) is 0 Å². The molecule has 1 heteroatoms. The Labute approximate surface area is 82.2 Å². The molecule has 0 saturated carbocycles.